The second-order valence-electron chi connectivity index (χ2n) is 9.00. The van der Waals surface area contributed by atoms with E-state index in [1.807, 2.05) is 66.7 Å². The van der Waals surface area contributed by atoms with Gasteiger partial charge >= 0.3 is 6.09 Å². The minimum atomic E-state index is -0.387. The van der Waals surface area contributed by atoms with Crippen molar-refractivity contribution in [1.29, 1.82) is 0 Å². The molecule has 3 unspecified atom stereocenters. The van der Waals surface area contributed by atoms with Crippen molar-refractivity contribution < 1.29 is 9.53 Å². The van der Waals surface area contributed by atoms with Crippen molar-refractivity contribution in [3.63, 3.8) is 0 Å². The molecule has 178 valence electrons. The average molecular weight is 468 g/mol. The highest BCUT2D eigenvalue weighted by Crippen LogP contribution is 2.36. The second-order valence-corrected chi connectivity index (χ2v) is 9.00. The number of ether oxygens (including phenoxy) is 1. The number of fused-ring (bicyclic) bond motifs is 1. The van der Waals surface area contributed by atoms with Crippen molar-refractivity contribution in [3.8, 4) is 0 Å². The van der Waals surface area contributed by atoms with Gasteiger partial charge in [0.1, 0.15) is 6.10 Å². The molecular weight excluding hydrogens is 438 g/mol. The fourth-order valence-electron chi connectivity index (χ4n) is 4.97. The quantitative estimate of drug-likeness (QED) is 0.560. The molecule has 2 aromatic heterocycles. The molecule has 1 fully saturated rings. The fraction of sp³-hybridized carbons (Fsp3) is 0.321. The molecule has 1 aliphatic carbocycles. The molecule has 0 saturated heterocycles. The lowest BCUT2D eigenvalue weighted by Gasteiger charge is -2.35. The van der Waals surface area contributed by atoms with Crippen molar-refractivity contribution in [2.45, 2.75) is 44.8 Å². The van der Waals surface area contributed by atoms with Crippen LogP contribution >= 0.6 is 0 Å². The van der Waals surface area contributed by atoms with E-state index in [1.165, 1.54) is 0 Å². The van der Waals surface area contributed by atoms with Crippen LogP contribution in [0.5, 0.6) is 0 Å². The first-order valence-electron chi connectivity index (χ1n) is 12.2. The van der Waals surface area contributed by atoms with Crippen LogP contribution in [-0.2, 0) is 11.3 Å². The lowest BCUT2D eigenvalue weighted by molar-refractivity contribution is 0.0730. The first-order valence-corrected chi connectivity index (χ1v) is 12.2. The molecule has 1 aromatic carbocycles. The number of alkyl carbamates (subject to hydrolysis) is 1. The van der Waals surface area contributed by atoms with Crippen LogP contribution in [0.15, 0.2) is 89.3 Å². The summed E-state index contributed by atoms with van der Waals surface area (Å²) in [6.07, 6.45) is 7.46. The van der Waals surface area contributed by atoms with Gasteiger partial charge in [-0.2, -0.15) is 10.2 Å². The van der Waals surface area contributed by atoms with E-state index in [-0.39, 0.29) is 24.0 Å². The summed E-state index contributed by atoms with van der Waals surface area (Å²) < 4.78 is 5.94. The van der Waals surface area contributed by atoms with Crippen LogP contribution in [0.2, 0.25) is 0 Å². The molecule has 3 aromatic rings. The van der Waals surface area contributed by atoms with E-state index in [4.69, 9.17) is 4.74 Å². The first-order chi connectivity index (χ1) is 17.3. The molecule has 2 aliphatic rings. The molecule has 1 saturated carbocycles. The topological polar surface area (TPSA) is 88.8 Å². The molecule has 0 radical (unpaired) electrons. The van der Waals surface area contributed by atoms with Crippen molar-refractivity contribution in [2.75, 3.05) is 0 Å². The smallest absolute Gasteiger partial charge is 0.407 e. The maximum Gasteiger partial charge on any atom is 0.407 e. The Kier molecular flexibility index (Phi) is 7.22. The normalized spacial score (nSPS) is 22.0. The Morgan fingerprint density at radius 2 is 1.43 bits per heavy atom. The fourth-order valence-corrected chi connectivity index (χ4v) is 4.97. The third kappa shape index (κ3) is 5.62. The predicted octanol–water partition coefficient (Wildman–Crippen LogP) is 5.18. The molecule has 7 nitrogen and oxygen atoms in total. The van der Waals surface area contributed by atoms with E-state index in [0.29, 0.717) is 13.0 Å². The molecule has 1 aliphatic heterocycles. The van der Waals surface area contributed by atoms with Crippen molar-refractivity contribution >= 4 is 17.5 Å². The molecule has 1 N–H and O–H groups in total. The summed E-state index contributed by atoms with van der Waals surface area (Å²) in [5.74, 6) is 0.171. The Morgan fingerprint density at radius 3 is 2.09 bits per heavy atom. The van der Waals surface area contributed by atoms with Gasteiger partial charge in [0.05, 0.1) is 22.8 Å². The summed E-state index contributed by atoms with van der Waals surface area (Å²) in [6.45, 7) is 0.440. The van der Waals surface area contributed by atoms with E-state index < -0.39 is 0 Å². The Morgan fingerprint density at radius 1 is 0.800 bits per heavy atom. The van der Waals surface area contributed by atoms with Crippen molar-refractivity contribution in [2.24, 2.45) is 22.0 Å². The lowest BCUT2D eigenvalue weighted by Crippen LogP contribution is -2.39. The highest BCUT2D eigenvalue weighted by atomic mass is 16.6. The number of nitrogens with one attached hydrogen (secondary N) is 1. The Bertz CT molecular complexity index is 1180. The highest BCUT2D eigenvalue weighted by molar-refractivity contribution is 6.10. The van der Waals surface area contributed by atoms with E-state index in [2.05, 4.69) is 25.5 Å². The molecule has 35 heavy (non-hydrogen) atoms. The van der Waals surface area contributed by atoms with E-state index >= 15 is 0 Å². The SMILES string of the molecule is O=C(NCc1ccccc1)OC1CCCCC2C(c3ccccn3)=NN=C(c3ccccn3)C2C1. The second kappa shape index (κ2) is 11.0. The van der Waals surface area contributed by atoms with Crippen LogP contribution in [-0.4, -0.2) is 33.6 Å². The maximum absolute atomic E-state index is 12.7. The van der Waals surface area contributed by atoms with Crippen LogP contribution < -0.4 is 5.32 Å². The van der Waals surface area contributed by atoms with E-state index in [1.54, 1.807) is 12.4 Å². The minimum absolute atomic E-state index is 0.0339. The van der Waals surface area contributed by atoms with Crippen LogP contribution in [0.3, 0.4) is 0 Å². The third-order valence-electron chi connectivity index (χ3n) is 6.67. The Hall–Kier alpha value is -3.87. The predicted molar refractivity (Wildman–Crippen MR) is 135 cm³/mol. The summed E-state index contributed by atoms with van der Waals surface area (Å²) in [5, 5.41) is 12.2. The van der Waals surface area contributed by atoms with Crippen LogP contribution in [0.4, 0.5) is 4.79 Å². The van der Waals surface area contributed by atoms with Crippen molar-refractivity contribution in [3.05, 3.63) is 96.1 Å². The van der Waals surface area contributed by atoms with Gasteiger partial charge in [0, 0.05) is 30.8 Å². The van der Waals surface area contributed by atoms with E-state index in [0.717, 1.165) is 54.1 Å². The summed E-state index contributed by atoms with van der Waals surface area (Å²) in [7, 11) is 0. The molecule has 1 amide bonds. The minimum Gasteiger partial charge on any atom is -0.446 e. The number of carbonyl (C=O) groups excluding carboxylic acids is 1. The number of hydrogen-bond acceptors (Lipinski definition) is 6. The number of carbonyl (C=O) groups is 1. The van der Waals surface area contributed by atoms with Gasteiger partial charge in [-0.25, -0.2) is 4.79 Å². The van der Waals surface area contributed by atoms with Gasteiger partial charge in [-0.15, -0.1) is 0 Å². The summed E-state index contributed by atoms with van der Waals surface area (Å²) >= 11 is 0. The monoisotopic (exact) mass is 467 g/mol. The van der Waals surface area contributed by atoms with Gasteiger partial charge in [-0.05, 0) is 55.5 Å². The zero-order valence-electron chi connectivity index (χ0n) is 19.6. The Balaban J connectivity index is 1.37. The third-order valence-corrected chi connectivity index (χ3v) is 6.67. The van der Waals surface area contributed by atoms with Gasteiger partial charge in [0.25, 0.3) is 0 Å². The first kappa shape index (κ1) is 22.9. The number of amides is 1. The number of hydrogen-bond donors (Lipinski definition) is 1. The maximum atomic E-state index is 12.7. The molecule has 7 heteroatoms. The molecule has 5 rings (SSSR count). The number of aromatic nitrogens is 2. The largest absolute Gasteiger partial charge is 0.446 e. The number of nitrogens with zero attached hydrogens (tertiary/aromatic N) is 4. The average Bonchev–Trinajstić information content (AvgIpc) is 2.90. The molecule has 3 atom stereocenters. The molecule has 0 bridgehead atoms. The highest BCUT2D eigenvalue weighted by Gasteiger charge is 2.39. The standard InChI is InChI=1S/C28H29N5O2/c34-28(31-19-20-10-2-1-3-11-20)35-21-12-4-5-13-22-23(18-21)27(25-15-7-9-17-30-25)33-32-26(22)24-14-6-8-16-29-24/h1-3,6-11,14-17,21-23H,4-5,12-13,18-19H2,(H,31,34). The van der Waals surface area contributed by atoms with Crippen molar-refractivity contribution in [1.82, 2.24) is 15.3 Å². The number of benzene rings is 1. The Labute approximate surface area is 205 Å². The van der Waals surface area contributed by atoms with Crippen LogP contribution in [0.25, 0.3) is 0 Å². The molecular formula is C28H29N5O2. The summed E-state index contributed by atoms with van der Waals surface area (Å²) in [5.41, 5.74) is 4.47. The summed E-state index contributed by atoms with van der Waals surface area (Å²) in [4.78, 5) is 21.8. The van der Waals surface area contributed by atoms with Gasteiger partial charge in [0.15, 0.2) is 0 Å². The van der Waals surface area contributed by atoms with Gasteiger partial charge in [-0.1, -0.05) is 48.9 Å². The van der Waals surface area contributed by atoms with Crippen LogP contribution in [0.1, 0.15) is 49.1 Å². The number of pyridine rings is 2. The van der Waals surface area contributed by atoms with Gasteiger partial charge < -0.3 is 10.1 Å². The van der Waals surface area contributed by atoms with Gasteiger partial charge in [0.2, 0.25) is 0 Å². The van der Waals surface area contributed by atoms with Gasteiger partial charge in [-0.3, -0.25) is 9.97 Å². The molecule has 3 heterocycles. The molecule has 0 spiro atoms. The zero-order valence-corrected chi connectivity index (χ0v) is 19.6. The zero-order chi connectivity index (χ0) is 23.9. The lowest BCUT2D eigenvalue weighted by atomic mass is 9.73. The number of rotatable bonds is 5. The van der Waals surface area contributed by atoms with E-state index in [9.17, 15) is 4.79 Å². The van der Waals surface area contributed by atoms with Crippen LogP contribution in [0, 0.1) is 11.8 Å². The summed E-state index contributed by atoms with van der Waals surface area (Å²) in [6, 6.07) is 21.5.